The molecule has 0 aliphatic carbocycles. The lowest BCUT2D eigenvalue weighted by atomic mass is 9.97. The number of aryl methyl sites for hydroxylation is 8. The Bertz CT molecular complexity index is 2520. The number of hydrogen-bond acceptors (Lipinski definition) is 12. The van der Waals surface area contributed by atoms with Gasteiger partial charge in [-0.25, -0.2) is 0 Å². The smallest absolute Gasteiger partial charge is 0.310 e. The van der Waals surface area contributed by atoms with Gasteiger partial charge in [-0.15, -0.1) is 12.4 Å². The van der Waals surface area contributed by atoms with Crippen molar-refractivity contribution in [3.8, 4) is 23.0 Å². The second-order valence-electron chi connectivity index (χ2n) is 15.2. The van der Waals surface area contributed by atoms with Gasteiger partial charge in [0.1, 0.15) is 40.1 Å². The molecule has 0 aliphatic heterocycles. The number of halogens is 1. The van der Waals surface area contributed by atoms with Gasteiger partial charge in [0.05, 0.1) is 28.5 Å². The van der Waals surface area contributed by atoms with Gasteiger partial charge in [-0.2, -0.15) is 0 Å². The van der Waals surface area contributed by atoms with Gasteiger partial charge in [0.15, 0.2) is 22.8 Å². The molecule has 0 unspecified atom stereocenters. The predicted molar refractivity (Wildman–Crippen MR) is 255 cm³/mol. The number of rotatable bonds is 10. The number of ketones is 4. The maximum absolute atomic E-state index is 11.8. The average molecular weight is 920 g/mol. The highest BCUT2D eigenvalue weighted by Gasteiger charge is 2.18. The molecule has 5 aromatic rings. The number of carboxylic acid groups (broad SMARTS) is 1. The Morgan fingerprint density at radius 1 is 0.585 bits per heavy atom. The van der Waals surface area contributed by atoms with E-state index in [2.05, 4.69) is 0 Å². The highest BCUT2D eigenvalue weighted by molar-refractivity contribution is 6.10. The summed E-state index contributed by atoms with van der Waals surface area (Å²) in [6.45, 7) is 22.7. The number of aromatic hydroxyl groups is 3. The predicted octanol–water partition coefficient (Wildman–Crippen LogP) is 10.9. The minimum absolute atomic E-state index is 0. The van der Waals surface area contributed by atoms with Crippen LogP contribution in [0.2, 0.25) is 0 Å². The van der Waals surface area contributed by atoms with Gasteiger partial charge in [-0.05, 0) is 126 Å². The molecule has 4 aromatic carbocycles. The zero-order valence-corrected chi connectivity index (χ0v) is 40.4. The first kappa shape index (κ1) is 58.4. The number of carbonyl (C=O) groups excluding carboxylic acids is 5. The molecule has 0 amide bonds. The van der Waals surface area contributed by atoms with Crippen molar-refractivity contribution in [2.24, 2.45) is 0 Å². The van der Waals surface area contributed by atoms with E-state index < -0.39 is 5.97 Å². The third kappa shape index (κ3) is 18.6. The minimum atomic E-state index is -0.745. The molecule has 1 heterocycles. The Morgan fingerprint density at radius 3 is 1.46 bits per heavy atom. The van der Waals surface area contributed by atoms with Crippen LogP contribution >= 0.6 is 12.4 Å². The SMILES string of the molecule is CC(=O)c1c(C)cc(C)cc1O.CCC(=O)CC(=O)c1c(C)cc(C)cc1O.CCC(=O)O.CCC(=O)Oc1cc(C)cc(C)c1C(C)=O.CCc1cc(=O)c2c(C)cc(O)cc2o1.Cl. The number of phenols is 3. The van der Waals surface area contributed by atoms with E-state index in [0.29, 0.717) is 58.4 Å². The number of benzene rings is 4. The van der Waals surface area contributed by atoms with Crippen LogP contribution in [0.15, 0.2) is 63.8 Å². The summed E-state index contributed by atoms with van der Waals surface area (Å²) >= 11 is 0. The van der Waals surface area contributed by atoms with Crippen molar-refractivity contribution < 1.29 is 58.3 Å². The van der Waals surface area contributed by atoms with Crippen molar-refractivity contribution in [1.29, 1.82) is 0 Å². The number of hydrogen-bond donors (Lipinski definition) is 4. The summed E-state index contributed by atoms with van der Waals surface area (Å²) in [7, 11) is 0. The van der Waals surface area contributed by atoms with Crippen LogP contribution in [0.1, 0.15) is 143 Å². The van der Waals surface area contributed by atoms with Gasteiger partial charge >= 0.3 is 11.9 Å². The lowest BCUT2D eigenvalue weighted by Gasteiger charge is -2.11. The average Bonchev–Trinajstić information content (AvgIpc) is 3.16. The zero-order chi connectivity index (χ0) is 49.2. The lowest BCUT2D eigenvalue weighted by molar-refractivity contribution is -0.136. The number of esters is 1. The summed E-state index contributed by atoms with van der Waals surface area (Å²) in [5, 5.41) is 36.8. The molecule has 1 aromatic heterocycles. The van der Waals surface area contributed by atoms with Crippen molar-refractivity contribution in [2.75, 3.05) is 0 Å². The number of phenolic OH excluding ortho intramolecular Hbond substituents is 3. The van der Waals surface area contributed by atoms with Crippen LogP contribution in [0.25, 0.3) is 11.0 Å². The highest BCUT2D eigenvalue weighted by Crippen LogP contribution is 2.27. The van der Waals surface area contributed by atoms with E-state index in [9.17, 15) is 48.9 Å². The molecule has 4 N–H and O–H groups in total. The fraction of sp³-hybridized carbons (Fsp3) is 0.353. The molecule has 352 valence electrons. The second-order valence-corrected chi connectivity index (χ2v) is 15.2. The molecular formula is C51H63ClO13. The molecule has 0 saturated carbocycles. The number of carbonyl (C=O) groups is 6. The molecule has 5 rings (SSSR count). The first-order valence-electron chi connectivity index (χ1n) is 20.8. The Balaban J connectivity index is 0.000000810. The van der Waals surface area contributed by atoms with Crippen LogP contribution in [0, 0.1) is 48.5 Å². The summed E-state index contributed by atoms with van der Waals surface area (Å²) in [5.41, 5.74) is 7.56. The van der Waals surface area contributed by atoms with E-state index in [4.69, 9.17) is 14.3 Å². The Hall–Kier alpha value is -6.60. The van der Waals surface area contributed by atoms with Crippen LogP contribution in [0.5, 0.6) is 23.0 Å². The number of aliphatic carboxylic acids is 1. The van der Waals surface area contributed by atoms with Crippen LogP contribution in [0.4, 0.5) is 0 Å². The largest absolute Gasteiger partial charge is 0.508 e. The third-order valence-electron chi connectivity index (χ3n) is 9.32. The maximum atomic E-state index is 11.8. The van der Waals surface area contributed by atoms with Gasteiger partial charge in [0, 0.05) is 37.8 Å². The van der Waals surface area contributed by atoms with E-state index >= 15 is 0 Å². The van der Waals surface area contributed by atoms with Gasteiger partial charge in [0.2, 0.25) is 0 Å². The molecule has 65 heavy (non-hydrogen) atoms. The van der Waals surface area contributed by atoms with Crippen molar-refractivity contribution in [2.45, 2.75) is 122 Å². The molecule has 0 bridgehead atoms. The fourth-order valence-corrected chi connectivity index (χ4v) is 6.45. The molecule has 0 spiro atoms. The Labute approximate surface area is 386 Å². The fourth-order valence-electron chi connectivity index (χ4n) is 6.45. The molecule has 0 fully saturated rings. The molecule has 13 nitrogen and oxygen atoms in total. The van der Waals surface area contributed by atoms with Crippen LogP contribution in [-0.4, -0.2) is 55.5 Å². The normalized spacial score (nSPS) is 9.86. The van der Waals surface area contributed by atoms with Crippen molar-refractivity contribution in [3.63, 3.8) is 0 Å². The quantitative estimate of drug-likeness (QED) is 0.0443. The minimum Gasteiger partial charge on any atom is -0.508 e. The molecule has 0 radical (unpaired) electrons. The van der Waals surface area contributed by atoms with Gasteiger partial charge in [0.25, 0.3) is 0 Å². The number of fused-ring (bicyclic) bond motifs is 1. The lowest BCUT2D eigenvalue weighted by Crippen LogP contribution is -2.10. The van der Waals surface area contributed by atoms with E-state index in [1.807, 2.05) is 59.7 Å². The van der Waals surface area contributed by atoms with Crippen LogP contribution in [0.3, 0.4) is 0 Å². The summed E-state index contributed by atoms with van der Waals surface area (Å²) in [6.07, 6.45) is 1.40. The van der Waals surface area contributed by atoms with E-state index in [0.717, 1.165) is 33.4 Å². The highest BCUT2D eigenvalue weighted by atomic mass is 35.5. The molecule has 0 saturated heterocycles. The van der Waals surface area contributed by atoms with Gasteiger partial charge < -0.3 is 29.6 Å². The van der Waals surface area contributed by atoms with Gasteiger partial charge in [-0.3, -0.25) is 33.6 Å². The summed E-state index contributed by atoms with van der Waals surface area (Å²) < 4.78 is 10.7. The third-order valence-corrected chi connectivity index (χ3v) is 9.32. The summed E-state index contributed by atoms with van der Waals surface area (Å²) in [4.78, 5) is 77.8. The number of carboxylic acids is 1. The van der Waals surface area contributed by atoms with E-state index in [1.54, 1.807) is 52.8 Å². The zero-order valence-electron chi connectivity index (χ0n) is 39.6. The molecule has 0 aliphatic rings. The Kier molecular flexibility index (Phi) is 24.8. The van der Waals surface area contributed by atoms with Crippen LogP contribution < -0.4 is 10.2 Å². The molecule has 14 heteroatoms. The van der Waals surface area contributed by atoms with E-state index in [1.165, 1.54) is 32.0 Å². The standard InChI is InChI=1S/2C13H16O3.C12H12O3.C10H12O2.C3H6O2.ClH/c1-5-12(15)16-11-7-8(2)6-9(3)13(11)10(4)14;1-4-10(14)7-12(16)13-9(3)5-8(2)6-11(13)15;1-3-9-6-10(14)12-7(2)4-8(13)5-11(12)15-9;1-6-4-7(2)10(8(3)11)9(12)5-6;1-2-3(4)5;/h6-7H,5H2,1-4H3;5-6,15H,4,7H2,1-3H3;4-6,13H,3H2,1-2H3;4-5,12H,1-3H3;2H2,1H3,(H,4,5);1H. The maximum Gasteiger partial charge on any atom is 0.310 e. The second kappa shape index (κ2) is 27.6. The molecular weight excluding hydrogens is 856 g/mol. The Morgan fingerprint density at radius 2 is 1.05 bits per heavy atom. The van der Waals surface area contributed by atoms with Crippen LogP contribution in [-0.2, 0) is 20.8 Å². The summed E-state index contributed by atoms with van der Waals surface area (Å²) in [6, 6.07) is 15.0. The first-order chi connectivity index (χ1) is 29.8. The van der Waals surface area contributed by atoms with Crippen molar-refractivity contribution >= 4 is 58.4 Å². The topological polar surface area (TPSA) is 223 Å². The number of ether oxygens (including phenoxy) is 1. The van der Waals surface area contributed by atoms with Crippen molar-refractivity contribution in [3.05, 3.63) is 126 Å². The van der Waals surface area contributed by atoms with Gasteiger partial charge in [-0.1, -0.05) is 45.9 Å². The first-order valence-corrected chi connectivity index (χ1v) is 20.8. The van der Waals surface area contributed by atoms with E-state index in [-0.39, 0.29) is 82.6 Å². The summed E-state index contributed by atoms with van der Waals surface area (Å²) in [5.74, 6) is -0.484. The molecule has 0 atom stereocenters. The monoisotopic (exact) mass is 918 g/mol. The van der Waals surface area contributed by atoms with Crippen molar-refractivity contribution in [1.82, 2.24) is 0 Å². The number of Topliss-reactive ketones (excluding diaryl/α,β-unsaturated/α-hetero) is 4.